The average Bonchev–Trinajstić information content (AvgIpc) is 2.73. The molecule has 2 aromatic carbocycles. The first kappa shape index (κ1) is 28.7. The van der Waals surface area contributed by atoms with E-state index in [4.69, 9.17) is 11.6 Å². The van der Waals surface area contributed by atoms with E-state index in [0.29, 0.717) is 17.1 Å². The molecule has 2 amide bonds. The molecule has 0 heterocycles. The molecule has 0 unspecified atom stereocenters. The van der Waals surface area contributed by atoms with Crippen molar-refractivity contribution in [2.75, 3.05) is 17.1 Å². The zero-order valence-corrected chi connectivity index (χ0v) is 22.9. The zero-order chi connectivity index (χ0) is 26.4. The summed E-state index contributed by atoms with van der Waals surface area (Å²) in [5.74, 6) is -0.480. The lowest BCUT2D eigenvalue weighted by atomic mass is 10.1. The van der Waals surface area contributed by atoms with Gasteiger partial charge in [-0.1, -0.05) is 35.9 Å². The van der Waals surface area contributed by atoms with Crippen molar-refractivity contribution in [2.24, 2.45) is 0 Å². The van der Waals surface area contributed by atoms with Gasteiger partial charge in [0.1, 0.15) is 6.04 Å². The summed E-state index contributed by atoms with van der Waals surface area (Å²) in [5, 5.41) is 3.51. The second kappa shape index (κ2) is 11.9. The van der Waals surface area contributed by atoms with Crippen molar-refractivity contribution in [3.63, 3.8) is 0 Å². The second-order valence-electron chi connectivity index (χ2n) is 9.84. The summed E-state index contributed by atoms with van der Waals surface area (Å²) in [6.45, 7) is 9.64. The van der Waals surface area contributed by atoms with Crippen LogP contribution in [0.3, 0.4) is 0 Å². The zero-order valence-electron chi connectivity index (χ0n) is 21.3. The first-order valence-corrected chi connectivity index (χ1v) is 13.8. The fourth-order valence-corrected chi connectivity index (χ4v) is 4.71. The minimum absolute atomic E-state index is 0.0958. The highest BCUT2D eigenvalue weighted by Crippen LogP contribution is 2.21. The minimum atomic E-state index is -3.52. The highest BCUT2D eigenvalue weighted by Gasteiger charge is 2.28. The second-order valence-corrected chi connectivity index (χ2v) is 12.2. The van der Waals surface area contributed by atoms with Crippen LogP contribution in [0.2, 0.25) is 5.02 Å². The van der Waals surface area contributed by atoms with Gasteiger partial charge in [-0.2, -0.15) is 0 Å². The molecule has 0 aromatic heterocycles. The number of carbonyl (C=O) groups is 2. The maximum absolute atomic E-state index is 13.3. The Labute approximate surface area is 214 Å². The number of nitrogens with one attached hydrogen (secondary N) is 1. The predicted octanol–water partition coefficient (Wildman–Crippen LogP) is 4.53. The van der Waals surface area contributed by atoms with Crippen LogP contribution in [0.25, 0.3) is 0 Å². The van der Waals surface area contributed by atoms with Crippen LogP contribution in [0.4, 0.5) is 5.69 Å². The number of hydrogen-bond acceptors (Lipinski definition) is 4. The molecule has 0 bridgehead atoms. The van der Waals surface area contributed by atoms with Gasteiger partial charge < -0.3 is 10.2 Å². The van der Waals surface area contributed by atoms with E-state index in [2.05, 4.69) is 5.32 Å². The number of anilines is 1. The average molecular weight is 522 g/mol. The maximum Gasteiger partial charge on any atom is 0.242 e. The van der Waals surface area contributed by atoms with Crippen LogP contribution in [-0.4, -0.2) is 49.5 Å². The van der Waals surface area contributed by atoms with Crippen molar-refractivity contribution in [3.8, 4) is 0 Å². The number of benzene rings is 2. The molecule has 0 saturated heterocycles. The van der Waals surface area contributed by atoms with Gasteiger partial charge in [0.25, 0.3) is 0 Å². The summed E-state index contributed by atoms with van der Waals surface area (Å²) in [7, 11) is -3.52. The van der Waals surface area contributed by atoms with Gasteiger partial charge in [-0.25, -0.2) is 8.42 Å². The number of nitrogens with zero attached hydrogens (tertiary/aromatic N) is 2. The molecule has 0 saturated carbocycles. The predicted molar refractivity (Wildman–Crippen MR) is 142 cm³/mol. The Morgan fingerprint density at radius 1 is 1.09 bits per heavy atom. The minimum Gasteiger partial charge on any atom is -0.350 e. The number of rotatable bonds is 10. The van der Waals surface area contributed by atoms with Crippen LogP contribution in [-0.2, 0) is 26.2 Å². The van der Waals surface area contributed by atoms with E-state index in [1.54, 1.807) is 37.3 Å². The molecule has 2 aromatic rings. The maximum atomic E-state index is 13.3. The van der Waals surface area contributed by atoms with Crippen molar-refractivity contribution in [1.82, 2.24) is 10.2 Å². The monoisotopic (exact) mass is 521 g/mol. The summed E-state index contributed by atoms with van der Waals surface area (Å²) >= 11 is 5.99. The number of amides is 2. The molecule has 7 nitrogen and oxygen atoms in total. The Morgan fingerprint density at radius 2 is 1.71 bits per heavy atom. The topological polar surface area (TPSA) is 86.8 Å². The lowest BCUT2D eigenvalue weighted by molar-refractivity contribution is -0.141. The van der Waals surface area contributed by atoms with Crippen molar-refractivity contribution >= 4 is 39.1 Å². The molecule has 0 aliphatic rings. The van der Waals surface area contributed by atoms with E-state index >= 15 is 0 Å². The molecular formula is C26H36ClN3O4S. The van der Waals surface area contributed by atoms with Crippen molar-refractivity contribution in [1.29, 1.82) is 0 Å². The molecule has 9 heteroatoms. The first-order chi connectivity index (χ1) is 16.2. The Hall–Kier alpha value is -2.58. The Morgan fingerprint density at radius 3 is 2.26 bits per heavy atom. The third kappa shape index (κ3) is 9.18. The van der Waals surface area contributed by atoms with Crippen LogP contribution in [0, 0.1) is 6.92 Å². The lowest BCUT2D eigenvalue weighted by Gasteiger charge is -2.32. The van der Waals surface area contributed by atoms with Crippen molar-refractivity contribution in [2.45, 2.75) is 65.6 Å². The SMILES string of the molecule is Cc1cccc(N(CCCC(=O)N(Cc2ccc(Cl)cc2)[C@@H](C)C(=O)NC(C)(C)C)S(C)(=O)=O)c1. The van der Waals surface area contributed by atoms with Crippen LogP contribution in [0.15, 0.2) is 48.5 Å². The number of hydrogen-bond donors (Lipinski definition) is 1. The van der Waals surface area contributed by atoms with E-state index in [9.17, 15) is 18.0 Å². The van der Waals surface area contributed by atoms with Crippen LogP contribution in [0.1, 0.15) is 51.7 Å². The molecule has 0 radical (unpaired) electrons. The number of sulfonamides is 1. The van der Waals surface area contributed by atoms with Crippen molar-refractivity contribution < 1.29 is 18.0 Å². The standard InChI is InChI=1S/C26H36ClN3O4S/c1-19-9-7-10-23(17-19)30(35(6,33)34)16-8-11-24(31)29(18-21-12-14-22(27)15-13-21)20(2)25(32)28-26(3,4)5/h7,9-10,12-15,17,20H,8,11,16,18H2,1-6H3,(H,28,32)/t20-/m0/s1. The van der Waals surface area contributed by atoms with E-state index < -0.39 is 21.6 Å². The molecule has 192 valence electrons. The Bertz CT molecular complexity index is 1130. The third-order valence-corrected chi connectivity index (χ3v) is 6.82. The molecule has 1 N–H and O–H groups in total. The molecule has 0 fully saturated rings. The quantitative estimate of drug-likeness (QED) is 0.497. The summed E-state index contributed by atoms with van der Waals surface area (Å²) in [4.78, 5) is 27.7. The molecule has 0 aliphatic carbocycles. The number of halogens is 1. The largest absolute Gasteiger partial charge is 0.350 e. The van der Waals surface area contributed by atoms with Crippen LogP contribution in [0.5, 0.6) is 0 Å². The van der Waals surface area contributed by atoms with Gasteiger partial charge in [0.2, 0.25) is 21.8 Å². The third-order valence-electron chi connectivity index (χ3n) is 5.37. The van der Waals surface area contributed by atoms with E-state index in [-0.39, 0.29) is 31.3 Å². The van der Waals surface area contributed by atoms with Crippen LogP contribution >= 0.6 is 11.6 Å². The van der Waals surface area contributed by atoms with E-state index in [0.717, 1.165) is 17.4 Å². The number of carbonyl (C=O) groups excluding carboxylic acids is 2. The summed E-state index contributed by atoms with van der Waals surface area (Å²) < 4.78 is 26.1. The summed E-state index contributed by atoms with van der Waals surface area (Å²) in [6, 6.07) is 13.6. The highest BCUT2D eigenvalue weighted by molar-refractivity contribution is 7.92. The molecular weight excluding hydrogens is 486 g/mol. The van der Waals surface area contributed by atoms with Gasteiger partial charge in [-0.3, -0.25) is 13.9 Å². The normalized spacial score (nSPS) is 12.7. The highest BCUT2D eigenvalue weighted by atomic mass is 35.5. The summed E-state index contributed by atoms with van der Waals surface area (Å²) in [6.07, 6.45) is 1.56. The van der Waals surface area contributed by atoms with E-state index in [1.807, 2.05) is 45.9 Å². The fraction of sp³-hybridized carbons (Fsp3) is 0.462. The van der Waals surface area contributed by atoms with Gasteiger partial charge >= 0.3 is 0 Å². The summed E-state index contributed by atoms with van der Waals surface area (Å²) in [5.41, 5.74) is 1.91. The molecule has 2 rings (SSSR count). The molecule has 1 atom stereocenters. The molecule has 35 heavy (non-hydrogen) atoms. The first-order valence-electron chi connectivity index (χ1n) is 11.6. The number of aryl methyl sites for hydroxylation is 1. The fourth-order valence-electron chi connectivity index (χ4n) is 3.63. The van der Waals surface area contributed by atoms with Gasteiger partial charge in [-0.15, -0.1) is 0 Å². The Kier molecular flexibility index (Phi) is 9.75. The van der Waals surface area contributed by atoms with Gasteiger partial charge in [0, 0.05) is 30.1 Å². The van der Waals surface area contributed by atoms with Gasteiger partial charge in [-0.05, 0) is 76.4 Å². The van der Waals surface area contributed by atoms with Crippen LogP contribution < -0.4 is 9.62 Å². The molecule has 0 aliphatic heterocycles. The smallest absolute Gasteiger partial charge is 0.242 e. The molecule has 0 spiro atoms. The van der Waals surface area contributed by atoms with Crippen molar-refractivity contribution in [3.05, 3.63) is 64.7 Å². The van der Waals surface area contributed by atoms with E-state index in [1.165, 1.54) is 9.21 Å². The lowest BCUT2D eigenvalue weighted by Crippen LogP contribution is -2.52. The van der Waals surface area contributed by atoms with Gasteiger partial charge in [0.05, 0.1) is 11.9 Å². The Balaban J connectivity index is 2.18. The van der Waals surface area contributed by atoms with Gasteiger partial charge in [0.15, 0.2) is 0 Å².